The second-order valence-corrected chi connectivity index (χ2v) is 6.19. The predicted molar refractivity (Wildman–Crippen MR) is 96.5 cm³/mol. The zero-order valence-electron chi connectivity index (χ0n) is 13.8. The number of carbonyl (C=O) groups excluding carboxylic acids is 1. The van der Waals surface area contributed by atoms with Crippen LogP contribution in [0.25, 0.3) is 10.2 Å². The van der Waals surface area contributed by atoms with Gasteiger partial charge >= 0.3 is 0 Å². The number of ether oxygens (including phenoxy) is 2. The minimum atomic E-state index is -0.275. The van der Waals surface area contributed by atoms with E-state index in [9.17, 15) is 4.79 Å². The van der Waals surface area contributed by atoms with E-state index < -0.39 is 0 Å². The molecule has 0 unspecified atom stereocenters. The van der Waals surface area contributed by atoms with Crippen LogP contribution in [0.2, 0.25) is 0 Å². The molecule has 1 aromatic heterocycles. The van der Waals surface area contributed by atoms with Crippen molar-refractivity contribution in [1.29, 1.82) is 0 Å². The van der Waals surface area contributed by atoms with Crippen LogP contribution in [0.3, 0.4) is 0 Å². The molecule has 124 valence electrons. The Morgan fingerprint density at radius 2 is 2.04 bits per heavy atom. The molecular weight excluding hydrogens is 324 g/mol. The van der Waals surface area contributed by atoms with Gasteiger partial charge < -0.3 is 9.47 Å². The lowest BCUT2D eigenvalue weighted by Gasteiger charge is -2.09. The van der Waals surface area contributed by atoms with Gasteiger partial charge in [-0.2, -0.15) is 0 Å². The lowest BCUT2D eigenvalue weighted by Crippen LogP contribution is -2.13. The van der Waals surface area contributed by atoms with Gasteiger partial charge in [-0.25, -0.2) is 4.98 Å². The maximum absolute atomic E-state index is 12.6. The van der Waals surface area contributed by atoms with Crippen molar-refractivity contribution in [3.05, 3.63) is 47.5 Å². The van der Waals surface area contributed by atoms with Gasteiger partial charge in [0, 0.05) is 0 Å². The number of rotatable bonds is 5. The fourth-order valence-corrected chi connectivity index (χ4v) is 3.41. The number of fused-ring (bicyclic) bond motifs is 1. The van der Waals surface area contributed by atoms with Crippen LogP contribution in [0.15, 0.2) is 36.4 Å². The third kappa shape index (κ3) is 3.05. The molecule has 2 aromatic carbocycles. The Labute approximate surface area is 144 Å². The van der Waals surface area contributed by atoms with Gasteiger partial charge in [-0.1, -0.05) is 30.4 Å². The average molecular weight is 342 g/mol. The number of anilines is 1. The Kier molecular flexibility index (Phi) is 4.66. The van der Waals surface area contributed by atoms with Crippen molar-refractivity contribution >= 4 is 32.6 Å². The van der Waals surface area contributed by atoms with Crippen molar-refractivity contribution in [1.82, 2.24) is 4.98 Å². The van der Waals surface area contributed by atoms with Gasteiger partial charge in [0.2, 0.25) is 0 Å². The van der Waals surface area contributed by atoms with Crippen LogP contribution in [0.4, 0.5) is 5.13 Å². The third-order valence-electron chi connectivity index (χ3n) is 3.76. The van der Waals surface area contributed by atoms with Crippen LogP contribution in [0.5, 0.6) is 11.5 Å². The van der Waals surface area contributed by atoms with Crippen LogP contribution in [0, 0.1) is 0 Å². The van der Waals surface area contributed by atoms with Gasteiger partial charge in [-0.05, 0) is 36.2 Å². The summed E-state index contributed by atoms with van der Waals surface area (Å²) in [6.07, 6.45) is 0.901. The highest BCUT2D eigenvalue weighted by molar-refractivity contribution is 7.22. The van der Waals surface area contributed by atoms with E-state index in [2.05, 4.69) is 23.3 Å². The van der Waals surface area contributed by atoms with Crippen molar-refractivity contribution in [2.24, 2.45) is 0 Å². The Balaban J connectivity index is 1.92. The summed E-state index contributed by atoms with van der Waals surface area (Å²) in [6.45, 7) is 2.09. The van der Waals surface area contributed by atoms with E-state index in [4.69, 9.17) is 9.47 Å². The number of hydrogen-bond acceptors (Lipinski definition) is 5. The molecule has 0 bridgehead atoms. The van der Waals surface area contributed by atoms with Gasteiger partial charge in [0.05, 0.1) is 30.0 Å². The number of aromatic nitrogens is 1. The van der Waals surface area contributed by atoms with Crippen LogP contribution < -0.4 is 14.8 Å². The molecular formula is C18H18N2O3S. The average Bonchev–Trinajstić information content (AvgIpc) is 3.03. The largest absolute Gasteiger partial charge is 0.497 e. The summed E-state index contributed by atoms with van der Waals surface area (Å²) in [5.41, 5.74) is 2.52. The fourth-order valence-electron chi connectivity index (χ4n) is 2.50. The quantitative estimate of drug-likeness (QED) is 0.757. The van der Waals surface area contributed by atoms with Crippen molar-refractivity contribution < 1.29 is 14.3 Å². The highest BCUT2D eigenvalue weighted by atomic mass is 32.1. The zero-order chi connectivity index (χ0) is 17.1. The van der Waals surface area contributed by atoms with E-state index in [1.54, 1.807) is 25.3 Å². The van der Waals surface area contributed by atoms with Gasteiger partial charge in [0.25, 0.3) is 5.91 Å². The SMILES string of the molecule is CCc1cccc2sc(NC(=O)c3cc(OC)ccc3OC)nc12. The highest BCUT2D eigenvalue weighted by Gasteiger charge is 2.16. The molecule has 3 rings (SSSR count). The number of carbonyl (C=O) groups is 1. The normalized spacial score (nSPS) is 10.6. The van der Waals surface area contributed by atoms with Gasteiger partial charge in [0.15, 0.2) is 5.13 Å². The molecule has 0 aliphatic rings. The minimum absolute atomic E-state index is 0.275. The smallest absolute Gasteiger partial charge is 0.261 e. The van der Waals surface area contributed by atoms with E-state index in [0.29, 0.717) is 22.2 Å². The summed E-state index contributed by atoms with van der Waals surface area (Å²) in [5.74, 6) is 0.810. The maximum atomic E-state index is 12.6. The predicted octanol–water partition coefficient (Wildman–Crippen LogP) is 4.13. The highest BCUT2D eigenvalue weighted by Crippen LogP contribution is 2.30. The molecule has 0 saturated carbocycles. The number of amides is 1. The standard InChI is InChI=1S/C18H18N2O3S/c1-4-11-6-5-7-15-16(11)19-18(24-15)20-17(21)13-10-12(22-2)8-9-14(13)23-3/h5-10H,4H2,1-3H3,(H,19,20,21). The lowest BCUT2D eigenvalue weighted by molar-refractivity contribution is 0.102. The van der Waals surface area contributed by atoms with E-state index in [0.717, 1.165) is 16.6 Å². The first kappa shape index (κ1) is 16.3. The lowest BCUT2D eigenvalue weighted by atomic mass is 10.1. The van der Waals surface area contributed by atoms with Crippen molar-refractivity contribution in [2.45, 2.75) is 13.3 Å². The first-order chi connectivity index (χ1) is 11.7. The number of para-hydroxylation sites is 1. The Morgan fingerprint density at radius 1 is 1.21 bits per heavy atom. The molecule has 24 heavy (non-hydrogen) atoms. The summed E-state index contributed by atoms with van der Waals surface area (Å²) in [5, 5.41) is 3.43. The van der Waals surface area contributed by atoms with Crippen LogP contribution in [-0.4, -0.2) is 25.1 Å². The molecule has 1 heterocycles. The molecule has 0 saturated heterocycles. The van der Waals surface area contributed by atoms with Crippen LogP contribution in [-0.2, 0) is 6.42 Å². The number of nitrogens with zero attached hydrogens (tertiary/aromatic N) is 1. The summed E-state index contributed by atoms with van der Waals surface area (Å²) >= 11 is 1.46. The summed E-state index contributed by atoms with van der Waals surface area (Å²) in [4.78, 5) is 17.2. The first-order valence-corrected chi connectivity index (χ1v) is 8.39. The first-order valence-electron chi connectivity index (χ1n) is 7.58. The molecule has 0 radical (unpaired) electrons. The molecule has 0 fully saturated rings. The second kappa shape index (κ2) is 6.88. The fraction of sp³-hybridized carbons (Fsp3) is 0.222. The number of nitrogens with one attached hydrogen (secondary N) is 1. The monoisotopic (exact) mass is 342 g/mol. The Bertz CT molecular complexity index is 889. The van der Waals surface area contributed by atoms with E-state index >= 15 is 0 Å². The summed E-state index contributed by atoms with van der Waals surface area (Å²) in [7, 11) is 3.09. The van der Waals surface area contributed by atoms with Crippen molar-refractivity contribution in [3.63, 3.8) is 0 Å². The molecule has 0 spiro atoms. The topological polar surface area (TPSA) is 60.5 Å². The van der Waals surface area contributed by atoms with Gasteiger partial charge in [-0.3, -0.25) is 10.1 Å². The number of hydrogen-bond donors (Lipinski definition) is 1. The second-order valence-electron chi connectivity index (χ2n) is 5.16. The van der Waals surface area contributed by atoms with Gasteiger partial charge in [0.1, 0.15) is 11.5 Å². The molecule has 5 nitrogen and oxygen atoms in total. The van der Waals surface area contributed by atoms with Crippen LogP contribution in [0.1, 0.15) is 22.8 Å². The van der Waals surface area contributed by atoms with Crippen molar-refractivity contribution in [2.75, 3.05) is 19.5 Å². The van der Waals surface area contributed by atoms with Crippen LogP contribution >= 0.6 is 11.3 Å². The Hall–Kier alpha value is -2.60. The molecule has 1 amide bonds. The van der Waals surface area contributed by atoms with E-state index in [-0.39, 0.29) is 5.91 Å². The maximum Gasteiger partial charge on any atom is 0.261 e. The summed E-state index contributed by atoms with van der Waals surface area (Å²) in [6, 6.07) is 11.2. The summed E-state index contributed by atoms with van der Waals surface area (Å²) < 4.78 is 11.5. The Morgan fingerprint density at radius 3 is 2.75 bits per heavy atom. The van der Waals surface area contributed by atoms with Crippen molar-refractivity contribution in [3.8, 4) is 11.5 Å². The number of thiazole rings is 1. The zero-order valence-corrected chi connectivity index (χ0v) is 14.6. The van der Waals surface area contributed by atoms with E-state index in [1.807, 2.05) is 12.1 Å². The third-order valence-corrected chi connectivity index (χ3v) is 4.69. The molecule has 0 aliphatic heterocycles. The minimum Gasteiger partial charge on any atom is -0.497 e. The molecule has 1 N–H and O–H groups in total. The van der Waals surface area contributed by atoms with Gasteiger partial charge in [-0.15, -0.1) is 0 Å². The molecule has 0 atom stereocenters. The number of benzene rings is 2. The number of methoxy groups -OCH3 is 2. The molecule has 6 heteroatoms. The van der Waals surface area contributed by atoms with E-state index in [1.165, 1.54) is 24.0 Å². The molecule has 0 aliphatic carbocycles. The molecule has 3 aromatic rings. The number of aryl methyl sites for hydroxylation is 1.